The zero-order valence-corrected chi connectivity index (χ0v) is 16.7. The van der Waals surface area contributed by atoms with Crippen molar-refractivity contribution in [2.75, 3.05) is 27.8 Å². The first kappa shape index (κ1) is 20.2. The smallest absolute Gasteiger partial charge is 0.252 e. The average molecular weight is 399 g/mol. The number of thiophene rings is 1. The molecule has 0 aliphatic heterocycles. The normalized spacial score (nSPS) is 12.7. The fourth-order valence-electron chi connectivity index (χ4n) is 2.39. The SMILES string of the molecule is COc1ccc(OC)c(C(C)NC(=O)CN(C)S(=O)(=O)c2cccs2)c1. The monoisotopic (exact) mass is 398 g/mol. The molecular weight excluding hydrogens is 376 g/mol. The minimum Gasteiger partial charge on any atom is -0.497 e. The van der Waals surface area contributed by atoms with E-state index in [9.17, 15) is 13.2 Å². The number of sulfonamides is 1. The summed E-state index contributed by atoms with van der Waals surface area (Å²) in [5.74, 6) is 0.836. The standard InChI is InChI=1S/C17H22N2O5S2/c1-12(14-10-13(23-3)7-8-15(14)24-4)18-16(20)11-19(2)26(21,22)17-6-5-9-25-17/h5-10,12H,11H2,1-4H3,(H,18,20). The van der Waals surface area contributed by atoms with Crippen LogP contribution in [0.1, 0.15) is 18.5 Å². The largest absolute Gasteiger partial charge is 0.497 e. The number of hydrogen-bond acceptors (Lipinski definition) is 6. The van der Waals surface area contributed by atoms with E-state index in [4.69, 9.17) is 9.47 Å². The van der Waals surface area contributed by atoms with Crippen molar-refractivity contribution in [1.29, 1.82) is 0 Å². The molecule has 0 saturated carbocycles. The molecule has 1 unspecified atom stereocenters. The summed E-state index contributed by atoms with van der Waals surface area (Å²) in [6.07, 6.45) is 0. The van der Waals surface area contributed by atoms with Crippen LogP contribution in [-0.4, -0.2) is 46.4 Å². The summed E-state index contributed by atoms with van der Waals surface area (Å²) in [7, 11) is 0.810. The molecule has 1 atom stereocenters. The number of methoxy groups -OCH3 is 2. The molecule has 0 radical (unpaired) electrons. The number of benzene rings is 1. The Kier molecular flexibility index (Phi) is 6.63. The first-order chi connectivity index (χ1) is 12.3. The molecule has 1 amide bonds. The van der Waals surface area contributed by atoms with Gasteiger partial charge in [-0.2, -0.15) is 4.31 Å². The van der Waals surface area contributed by atoms with Gasteiger partial charge in [0.15, 0.2) is 0 Å². The summed E-state index contributed by atoms with van der Waals surface area (Å²) in [5.41, 5.74) is 0.740. The van der Waals surface area contributed by atoms with Gasteiger partial charge in [0.1, 0.15) is 15.7 Å². The zero-order valence-electron chi connectivity index (χ0n) is 15.1. The number of carbonyl (C=O) groups is 1. The summed E-state index contributed by atoms with van der Waals surface area (Å²) >= 11 is 1.11. The summed E-state index contributed by atoms with van der Waals surface area (Å²) in [4.78, 5) is 12.3. The van der Waals surface area contributed by atoms with Crippen molar-refractivity contribution in [3.05, 3.63) is 41.3 Å². The third kappa shape index (κ3) is 4.54. The van der Waals surface area contributed by atoms with Crippen LogP contribution in [0.5, 0.6) is 11.5 Å². The van der Waals surface area contributed by atoms with E-state index in [-0.39, 0.29) is 16.8 Å². The highest BCUT2D eigenvalue weighted by Crippen LogP contribution is 2.29. The number of rotatable bonds is 8. The molecule has 0 aliphatic rings. The van der Waals surface area contributed by atoms with Crippen LogP contribution in [-0.2, 0) is 14.8 Å². The molecule has 1 N–H and O–H groups in total. The third-order valence-electron chi connectivity index (χ3n) is 3.81. The second kappa shape index (κ2) is 8.52. The molecule has 1 aromatic heterocycles. The molecule has 7 nitrogen and oxygen atoms in total. The van der Waals surface area contributed by atoms with Crippen LogP contribution in [0.4, 0.5) is 0 Å². The Balaban J connectivity index is 2.08. The van der Waals surface area contributed by atoms with Crippen molar-refractivity contribution in [3.8, 4) is 11.5 Å². The van der Waals surface area contributed by atoms with E-state index in [1.807, 2.05) is 0 Å². The minimum atomic E-state index is -3.67. The van der Waals surface area contributed by atoms with Crippen LogP contribution >= 0.6 is 11.3 Å². The van der Waals surface area contributed by atoms with Gasteiger partial charge in [0, 0.05) is 12.6 Å². The van der Waals surface area contributed by atoms with Gasteiger partial charge in [-0.25, -0.2) is 8.42 Å². The van der Waals surface area contributed by atoms with Gasteiger partial charge in [-0.05, 0) is 36.6 Å². The molecule has 0 bridgehead atoms. The molecule has 0 fully saturated rings. The van der Waals surface area contributed by atoms with Crippen LogP contribution in [0.2, 0.25) is 0 Å². The van der Waals surface area contributed by atoms with E-state index in [0.29, 0.717) is 11.5 Å². The quantitative estimate of drug-likeness (QED) is 0.737. The summed E-state index contributed by atoms with van der Waals surface area (Å²) in [6.45, 7) is 1.51. The van der Waals surface area contributed by atoms with Gasteiger partial charge < -0.3 is 14.8 Å². The van der Waals surface area contributed by atoms with E-state index in [1.54, 1.807) is 50.8 Å². The highest BCUT2D eigenvalue weighted by atomic mass is 32.2. The number of nitrogens with zero attached hydrogens (tertiary/aromatic N) is 1. The van der Waals surface area contributed by atoms with E-state index in [0.717, 1.165) is 21.2 Å². The maximum absolute atomic E-state index is 12.4. The Labute approximate surface area is 157 Å². The van der Waals surface area contributed by atoms with Crippen LogP contribution in [0, 0.1) is 0 Å². The average Bonchev–Trinajstić information content (AvgIpc) is 3.16. The summed E-state index contributed by atoms with van der Waals surface area (Å²) in [5, 5.41) is 4.47. The fourth-order valence-corrected chi connectivity index (χ4v) is 4.72. The molecule has 2 aromatic rings. The lowest BCUT2D eigenvalue weighted by Crippen LogP contribution is -2.39. The van der Waals surface area contributed by atoms with Crippen molar-refractivity contribution in [2.45, 2.75) is 17.2 Å². The molecule has 0 saturated heterocycles. The number of carbonyl (C=O) groups excluding carboxylic acids is 1. The number of nitrogens with one attached hydrogen (secondary N) is 1. The van der Waals surface area contributed by atoms with Gasteiger partial charge in [0.2, 0.25) is 5.91 Å². The number of hydrogen-bond donors (Lipinski definition) is 1. The maximum atomic E-state index is 12.4. The van der Waals surface area contributed by atoms with E-state index >= 15 is 0 Å². The Bertz CT molecular complexity index is 850. The molecule has 26 heavy (non-hydrogen) atoms. The van der Waals surface area contributed by atoms with E-state index < -0.39 is 15.9 Å². The molecule has 2 rings (SSSR count). The molecule has 142 valence electrons. The first-order valence-corrected chi connectivity index (χ1v) is 10.1. The van der Waals surface area contributed by atoms with Crippen molar-refractivity contribution in [1.82, 2.24) is 9.62 Å². The van der Waals surface area contributed by atoms with Gasteiger partial charge in [-0.3, -0.25) is 4.79 Å². The first-order valence-electron chi connectivity index (χ1n) is 7.80. The predicted molar refractivity (Wildman–Crippen MR) is 100 cm³/mol. The summed E-state index contributed by atoms with van der Waals surface area (Å²) in [6, 6.07) is 8.07. The Morgan fingerprint density at radius 3 is 2.58 bits per heavy atom. The van der Waals surface area contributed by atoms with Gasteiger partial charge in [-0.1, -0.05) is 6.07 Å². The van der Waals surface area contributed by atoms with Crippen LogP contribution in [0.3, 0.4) is 0 Å². The Morgan fingerprint density at radius 2 is 2.00 bits per heavy atom. The molecule has 1 aromatic carbocycles. The van der Waals surface area contributed by atoms with Gasteiger partial charge in [-0.15, -0.1) is 11.3 Å². The second-order valence-corrected chi connectivity index (χ2v) is 8.81. The van der Waals surface area contributed by atoms with Crippen LogP contribution in [0.15, 0.2) is 39.9 Å². The topological polar surface area (TPSA) is 84.9 Å². The molecule has 0 spiro atoms. The van der Waals surface area contributed by atoms with Crippen molar-refractivity contribution >= 4 is 27.3 Å². The lowest BCUT2D eigenvalue weighted by Gasteiger charge is -2.20. The van der Waals surface area contributed by atoms with Crippen LogP contribution in [0.25, 0.3) is 0 Å². The number of ether oxygens (including phenoxy) is 2. The lowest BCUT2D eigenvalue weighted by molar-refractivity contribution is -0.121. The molecular formula is C17H22N2O5S2. The number of amides is 1. The van der Waals surface area contributed by atoms with Gasteiger partial charge in [0.25, 0.3) is 10.0 Å². The maximum Gasteiger partial charge on any atom is 0.252 e. The van der Waals surface area contributed by atoms with E-state index in [1.165, 1.54) is 13.1 Å². The molecule has 9 heteroatoms. The Hall–Kier alpha value is -2.10. The fraction of sp³-hybridized carbons (Fsp3) is 0.353. The second-order valence-electron chi connectivity index (χ2n) is 5.59. The molecule has 1 heterocycles. The summed E-state index contributed by atoms with van der Waals surface area (Å²) < 4.78 is 36.5. The van der Waals surface area contributed by atoms with Gasteiger partial charge in [0.05, 0.1) is 26.8 Å². The lowest BCUT2D eigenvalue weighted by atomic mass is 10.1. The van der Waals surface area contributed by atoms with Crippen molar-refractivity contribution in [2.24, 2.45) is 0 Å². The molecule has 0 aliphatic carbocycles. The van der Waals surface area contributed by atoms with Crippen LogP contribution < -0.4 is 14.8 Å². The van der Waals surface area contributed by atoms with Crippen molar-refractivity contribution in [3.63, 3.8) is 0 Å². The highest BCUT2D eigenvalue weighted by Gasteiger charge is 2.25. The van der Waals surface area contributed by atoms with Gasteiger partial charge >= 0.3 is 0 Å². The Morgan fingerprint density at radius 1 is 1.27 bits per heavy atom. The predicted octanol–water partition coefficient (Wildman–Crippen LogP) is 2.26. The van der Waals surface area contributed by atoms with E-state index in [2.05, 4.69) is 5.32 Å². The van der Waals surface area contributed by atoms with Crippen molar-refractivity contribution < 1.29 is 22.7 Å². The highest BCUT2D eigenvalue weighted by molar-refractivity contribution is 7.91. The third-order valence-corrected chi connectivity index (χ3v) is 6.98. The number of likely N-dealkylation sites (N-methyl/N-ethyl adjacent to an activating group) is 1. The minimum absolute atomic E-state index is 0.204. The zero-order chi connectivity index (χ0) is 19.3.